The molecule has 0 unspecified atom stereocenters. The zero-order valence-corrected chi connectivity index (χ0v) is 15.7. The summed E-state index contributed by atoms with van der Waals surface area (Å²) in [5.74, 6) is 2.00. The Morgan fingerprint density at radius 2 is 0.885 bits per heavy atom. The van der Waals surface area contributed by atoms with E-state index in [0.717, 1.165) is 22.6 Å². The molecule has 138 valence electrons. The zero-order chi connectivity index (χ0) is 17.6. The number of para-hydroxylation sites is 2. The molecule has 0 heterocycles. The van der Waals surface area contributed by atoms with Gasteiger partial charge in [0.25, 0.3) is 0 Å². The summed E-state index contributed by atoms with van der Waals surface area (Å²) in [4.78, 5) is 0. The van der Waals surface area contributed by atoms with E-state index in [1.807, 2.05) is 0 Å². The van der Waals surface area contributed by atoms with Crippen LogP contribution >= 0.6 is 0 Å². The van der Waals surface area contributed by atoms with Gasteiger partial charge in [0.1, 0.15) is 11.5 Å². The van der Waals surface area contributed by atoms with Crippen LogP contribution in [0.4, 0.5) is 0 Å². The quantitative estimate of drug-likeness (QED) is 0.592. The lowest BCUT2D eigenvalue weighted by Crippen LogP contribution is -2.20. The zero-order valence-electron chi connectivity index (χ0n) is 15.7. The van der Waals surface area contributed by atoms with Crippen molar-refractivity contribution in [1.82, 2.24) is 0 Å². The normalized spacial score (nSPS) is 19.2. The van der Waals surface area contributed by atoms with Crippen molar-refractivity contribution >= 4 is 0 Å². The Morgan fingerprint density at radius 1 is 0.500 bits per heavy atom. The van der Waals surface area contributed by atoms with E-state index >= 15 is 0 Å². The molecule has 2 fully saturated rings. The topological polar surface area (TPSA) is 18.5 Å². The third-order valence-corrected chi connectivity index (χ3v) is 5.76. The van der Waals surface area contributed by atoms with E-state index in [0.29, 0.717) is 12.2 Å². The minimum Gasteiger partial charge on any atom is -0.490 e. The average Bonchev–Trinajstić information content (AvgIpc) is 2.71. The van der Waals surface area contributed by atoms with Gasteiger partial charge in [-0.25, -0.2) is 0 Å². The number of benzene rings is 2. The monoisotopic (exact) mass is 350 g/mol. The Morgan fingerprint density at radius 3 is 1.31 bits per heavy atom. The molecule has 2 aliphatic carbocycles. The molecule has 0 radical (unpaired) electrons. The molecule has 2 saturated carbocycles. The molecule has 2 heteroatoms. The van der Waals surface area contributed by atoms with E-state index in [-0.39, 0.29) is 0 Å². The van der Waals surface area contributed by atoms with Gasteiger partial charge in [-0.3, -0.25) is 0 Å². The van der Waals surface area contributed by atoms with Crippen molar-refractivity contribution in [3.63, 3.8) is 0 Å². The average molecular weight is 351 g/mol. The van der Waals surface area contributed by atoms with Crippen LogP contribution in [0.2, 0.25) is 0 Å². The Bertz CT molecular complexity index is 635. The van der Waals surface area contributed by atoms with Gasteiger partial charge in [-0.05, 0) is 63.5 Å². The van der Waals surface area contributed by atoms with E-state index in [2.05, 4.69) is 48.5 Å². The first-order valence-corrected chi connectivity index (χ1v) is 10.4. The minimum atomic E-state index is 0.358. The lowest BCUT2D eigenvalue weighted by atomic mass is 9.97. The fourth-order valence-corrected chi connectivity index (χ4v) is 4.31. The van der Waals surface area contributed by atoms with Crippen LogP contribution < -0.4 is 9.47 Å². The predicted molar refractivity (Wildman–Crippen MR) is 107 cm³/mol. The van der Waals surface area contributed by atoms with Crippen LogP contribution in [0.25, 0.3) is 11.1 Å². The molecule has 2 nitrogen and oxygen atoms in total. The molecule has 2 aromatic rings. The van der Waals surface area contributed by atoms with Crippen LogP contribution in [0.1, 0.15) is 64.2 Å². The third kappa shape index (κ3) is 4.23. The highest BCUT2D eigenvalue weighted by molar-refractivity contribution is 5.75. The van der Waals surface area contributed by atoms with Crippen LogP contribution in [0, 0.1) is 0 Å². The summed E-state index contributed by atoms with van der Waals surface area (Å²) in [6.45, 7) is 0. The first-order valence-electron chi connectivity index (χ1n) is 10.4. The van der Waals surface area contributed by atoms with Gasteiger partial charge < -0.3 is 9.47 Å². The molecule has 26 heavy (non-hydrogen) atoms. The maximum Gasteiger partial charge on any atom is 0.127 e. The smallest absolute Gasteiger partial charge is 0.127 e. The van der Waals surface area contributed by atoms with E-state index < -0.39 is 0 Å². The fourth-order valence-electron chi connectivity index (χ4n) is 4.31. The Labute approximate surface area is 157 Å². The molecule has 4 rings (SSSR count). The highest BCUT2D eigenvalue weighted by atomic mass is 16.5. The highest BCUT2D eigenvalue weighted by Gasteiger charge is 2.20. The lowest BCUT2D eigenvalue weighted by Gasteiger charge is -2.26. The second-order valence-electron chi connectivity index (χ2n) is 7.75. The van der Waals surface area contributed by atoms with E-state index in [9.17, 15) is 0 Å². The molecule has 0 amide bonds. The second kappa shape index (κ2) is 8.62. The third-order valence-electron chi connectivity index (χ3n) is 5.76. The summed E-state index contributed by atoms with van der Waals surface area (Å²) in [7, 11) is 0. The molecule has 2 aliphatic rings. The second-order valence-corrected chi connectivity index (χ2v) is 7.75. The standard InChI is InChI=1S/C24H30O2/c1-3-11-19(12-4-1)25-23-17-9-7-15-21(23)22-16-8-10-18-24(22)26-20-13-5-2-6-14-20/h7-10,15-20H,1-6,11-14H2. The summed E-state index contributed by atoms with van der Waals surface area (Å²) in [5, 5.41) is 0. The molecule has 0 bridgehead atoms. The summed E-state index contributed by atoms with van der Waals surface area (Å²) in [6.07, 6.45) is 13.3. The Kier molecular flexibility index (Phi) is 5.78. The van der Waals surface area contributed by atoms with E-state index in [1.165, 1.54) is 64.2 Å². The maximum absolute atomic E-state index is 6.43. The van der Waals surface area contributed by atoms with Crippen LogP contribution in [-0.4, -0.2) is 12.2 Å². The summed E-state index contributed by atoms with van der Waals surface area (Å²) in [5.41, 5.74) is 2.31. The van der Waals surface area contributed by atoms with Crippen molar-refractivity contribution in [2.45, 2.75) is 76.4 Å². The largest absolute Gasteiger partial charge is 0.490 e. The number of ether oxygens (including phenoxy) is 2. The predicted octanol–water partition coefficient (Wildman–Crippen LogP) is 6.78. The summed E-state index contributed by atoms with van der Waals surface area (Å²) < 4.78 is 12.9. The molecule has 0 atom stereocenters. The Hall–Kier alpha value is -1.96. The SMILES string of the molecule is c1ccc(-c2ccccc2OC2CCCCC2)c(OC2CCCCC2)c1. The van der Waals surface area contributed by atoms with Crippen molar-refractivity contribution in [2.75, 3.05) is 0 Å². The van der Waals surface area contributed by atoms with Gasteiger partial charge in [0, 0.05) is 11.1 Å². The molecule has 0 saturated heterocycles. The molecule has 0 aromatic heterocycles. The van der Waals surface area contributed by atoms with Gasteiger partial charge in [0.05, 0.1) is 12.2 Å². The fraction of sp³-hybridized carbons (Fsp3) is 0.500. The van der Waals surface area contributed by atoms with Crippen LogP contribution in [-0.2, 0) is 0 Å². The van der Waals surface area contributed by atoms with Gasteiger partial charge in [-0.15, -0.1) is 0 Å². The number of rotatable bonds is 5. The van der Waals surface area contributed by atoms with Crippen molar-refractivity contribution in [3.05, 3.63) is 48.5 Å². The summed E-state index contributed by atoms with van der Waals surface area (Å²) >= 11 is 0. The van der Waals surface area contributed by atoms with E-state index in [1.54, 1.807) is 0 Å². The van der Waals surface area contributed by atoms with Crippen molar-refractivity contribution in [1.29, 1.82) is 0 Å². The van der Waals surface area contributed by atoms with Crippen LogP contribution in [0.5, 0.6) is 11.5 Å². The Balaban J connectivity index is 1.58. The molecule has 2 aromatic carbocycles. The van der Waals surface area contributed by atoms with Gasteiger partial charge >= 0.3 is 0 Å². The van der Waals surface area contributed by atoms with Gasteiger partial charge in [0.2, 0.25) is 0 Å². The number of hydrogen-bond acceptors (Lipinski definition) is 2. The minimum absolute atomic E-state index is 0.358. The van der Waals surface area contributed by atoms with Gasteiger partial charge in [0.15, 0.2) is 0 Å². The molecular formula is C24H30O2. The van der Waals surface area contributed by atoms with Crippen LogP contribution in [0.15, 0.2) is 48.5 Å². The molecule has 0 aliphatic heterocycles. The number of hydrogen-bond donors (Lipinski definition) is 0. The lowest BCUT2D eigenvalue weighted by molar-refractivity contribution is 0.153. The maximum atomic E-state index is 6.43. The highest BCUT2D eigenvalue weighted by Crippen LogP contribution is 2.39. The molecular weight excluding hydrogens is 320 g/mol. The van der Waals surface area contributed by atoms with Gasteiger partial charge in [-0.1, -0.05) is 49.2 Å². The molecule has 0 N–H and O–H groups in total. The van der Waals surface area contributed by atoms with Crippen molar-refractivity contribution < 1.29 is 9.47 Å². The van der Waals surface area contributed by atoms with E-state index in [4.69, 9.17) is 9.47 Å². The van der Waals surface area contributed by atoms with Crippen molar-refractivity contribution in [2.24, 2.45) is 0 Å². The van der Waals surface area contributed by atoms with Gasteiger partial charge in [-0.2, -0.15) is 0 Å². The first kappa shape index (κ1) is 17.5. The summed E-state index contributed by atoms with van der Waals surface area (Å²) in [6, 6.07) is 16.9. The van der Waals surface area contributed by atoms with Crippen molar-refractivity contribution in [3.8, 4) is 22.6 Å². The first-order chi connectivity index (χ1) is 12.9. The molecule has 0 spiro atoms. The van der Waals surface area contributed by atoms with Crippen LogP contribution in [0.3, 0.4) is 0 Å².